The van der Waals surface area contributed by atoms with E-state index in [1.165, 1.54) is 4.90 Å². The lowest BCUT2D eigenvalue weighted by Gasteiger charge is -2.25. The van der Waals surface area contributed by atoms with Gasteiger partial charge < -0.3 is 20.4 Å². The van der Waals surface area contributed by atoms with Gasteiger partial charge in [-0.1, -0.05) is 18.5 Å². The largest absolute Gasteiger partial charge is 0.389 e. The first-order valence-electron chi connectivity index (χ1n) is 11.2. The van der Waals surface area contributed by atoms with E-state index in [0.717, 1.165) is 22.9 Å². The molecule has 1 aliphatic rings. The van der Waals surface area contributed by atoms with Crippen molar-refractivity contribution < 1.29 is 28.2 Å². The number of fused-ring (bicyclic) bond motifs is 1. The standard InChI is InChI=1S/C24H24ClF3N4O4/c1-4-24(2,3)30-23(36)13-8-32(19-14(25)5-11(26)6-15(19)27)21-12(20(13)35)7-16(28)22(29-21)31-9-17(33)18(34)10-31/h5-8,17-18,33-34H,4,9-10H2,1-3H3,(H,30,36)/t17-,18-/m1/s1. The summed E-state index contributed by atoms with van der Waals surface area (Å²) in [5.41, 5.74) is -2.63. The molecule has 1 aromatic carbocycles. The summed E-state index contributed by atoms with van der Waals surface area (Å²) in [6.07, 6.45) is -0.746. The van der Waals surface area contributed by atoms with Crippen LogP contribution in [0.3, 0.4) is 0 Å². The van der Waals surface area contributed by atoms with Crippen molar-refractivity contribution in [1.29, 1.82) is 0 Å². The molecule has 12 heteroatoms. The second-order valence-corrected chi connectivity index (χ2v) is 9.76. The quantitative estimate of drug-likeness (QED) is 0.474. The minimum atomic E-state index is -1.15. The fraction of sp³-hybridized carbons (Fsp3) is 0.375. The molecule has 0 radical (unpaired) electrons. The summed E-state index contributed by atoms with van der Waals surface area (Å²) in [5.74, 6) is -4.10. The maximum Gasteiger partial charge on any atom is 0.257 e. The molecule has 1 saturated heterocycles. The van der Waals surface area contributed by atoms with E-state index in [2.05, 4.69) is 10.3 Å². The first kappa shape index (κ1) is 25.9. The lowest BCUT2D eigenvalue weighted by atomic mass is 10.0. The molecule has 1 amide bonds. The van der Waals surface area contributed by atoms with Crippen LogP contribution in [-0.4, -0.2) is 56.5 Å². The number of halogens is 4. The van der Waals surface area contributed by atoms with Gasteiger partial charge in [0.2, 0.25) is 5.43 Å². The molecule has 0 bridgehead atoms. The van der Waals surface area contributed by atoms with E-state index in [4.69, 9.17) is 11.6 Å². The molecule has 192 valence electrons. The lowest BCUT2D eigenvalue weighted by molar-refractivity contribution is 0.0572. The molecule has 0 saturated carbocycles. The molecular formula is C24H24ClF3N4O4. The van der Waals surface area contributed by atoms with Crippen molar-refractivity contribution in [2.75, 3.05) is 18.0 Å². The third-order valence-electron chi connectivity index (χ3n) is 6.27. The Bertz CT molecular complexity index is 1400. The molecule has 0 unspecified atom stereocenters. The first-order valence-corrected chi connectivity index (χ1v) is 11.5. The van der Waals surface area contributed by atoms with Crippen molar-refractivity contribution in [3.8, 4) is 5.69 Å². The topological polar surface area (TPSA) is 108 Å². The van der Waals surface area contributed by atoms with Gasteiger partial charge in [-0.2, -0.15) is 0 Å². The van der Waals surface area contributed by atoms with E-state index >= 15 is 4.39 Å². The van der Waals surface area contributed by atoms with Crippen LogP contribution in [0.4, 0.5) is 19.0 Å². The van der Waals surface area contributed by atoms with Gasteiger partial charge in [0.25, 0.3) is 5.91 Å². The minimum absolute atomic E-state index is 0.140. The number of pyridine rings is 2. The van der Waals surface area contributed by atoms with Crippen molar-refractivity contribution in [3.05, 3.63) is 62.7 Å². The molecule has 3 aromatic rings. The monoisotopic (exact) mass is 524 g/mol. The second kappa shape index (κ2) is 9.38. The van der Waals surface area contributed by atoms with E-state index in [9.17, 15) is 28.6 Å². The zero-order valence-electron chi connectivity index (χ0n) is 19.6. The summed E-state index contributed by atoms with van der Waals surface area (Å²) >= 11 is 6.15. The summed E-state index contributed by atoms with van der Waals surface area (Å²) in [6.45, 7) is 5.04. The number of hydrogen-bond acceptors (Lipinski definition) is 6. The van der Waals surface area contributed by atoms with E-state index in [0.29, 0.717) is 12.5 Å². The van der Waals surface area contributed by atoms with Crippen molar-refractivity contribution >= 4 is 34.4 Å². The summed E-state index contributed by atoms with van der Waals surface area (Å²) in [4.78, 5) is 31.8. The second-order valence-electron chi connectivity index (χ2n) is 9.36. The van der Waals surface area contributed by atoms with Crippen molar-refractivity contribution in [3.63, 3.8) is 0 Å². The van der Waals surface area contributed by atoms with Gasteiger partial charge in [-0.3, -0.25) is 14.2 Å². The number of nitrogens with zero attached hydrogens (tertiary/aromatic N) is 3. The molecule has 0 aliphatic carbocycles. The Kier molecular flexibility index (Phi) is 6.76. The Morgan fingerprint density at radius 1 is 1.17 bits per heavy atom. The normalized spacial score (nSPS) is 18.2. The van der Waals surface area contributed by atoms with Crippen LogP contribution in [0.5, 0.6) is 0 Å². The molecule has 4 rings (SSSR count). The van der Waals surface area contributed by atoms with Crippen LogP contribution in [0.25, 0.3) is 16.7 Å². The molecule has 1 fully saturated rings. The molecular weight excluding hydrogens is 501 g/mol. The number of aliphatic hydroxyl groups excluding tert-OH is 2. The SMILES string of the molecule is CCC(C)(C)NC(=O)c1cn(-c2c(F)cc(F)cc2Cl)c2nc(N3C[C@@H](O)[C@H](O)C3)c(F)cc2c1=O. The van der Waals surface area contributed by atoms with Gasteiger partial charge in [0, 0.05) is 30.9 Å². The molecule has 2 atom stereocenters. The number of carbonyl (C=O) groups excluding carboxylic acids is 1. The highest BCUT2D eigenvalue weighted by Gasteiger charge is 2.33. The molecule has 2 aromatic heterocycles. The van der Waals surface area contributed by atoms with Crippen LogP contribution in [-0.2, 0) is 0 Å². The minimum Gasteiger partial charge on any atom is -0.389 e. The van der Waals surface area contributed by atoms with Gasteiger partial charge in [-0.05, 0) is 32.4 Å². The highest BCUT2D eigenvalue weighted by atomic mass is 35.5. The highest BCUT2D eigenvalue weighted by molar-refractivity contribution is 6.32. The van der Waals surface area contributed by atoms with Crippen molar-refractivity contribution in [2.24, 2.45) is 0 Å². The summed E-state index contributed by atoms with van der Waals surface area (Å²) in [7, 11) is 0. The van der Waals surface area contributed by atoms with Gasteiger partial charge in [0.15, 0.2) is 23.1 Å². The third kappa shape index (κ3) is 4.65. The van der Waals surface area contributed by atoms with E-state index < -0.39 is 57.8 Å². The van der Waals surface area contributed by atoms with E-state index in [1.54, 1.807) is 13.8 Å². The Labute approximate surface area is 208 Å². The number of carbonyl (C=O) groups is 1. The Hall–Kier alpha value is -3.15. The third-order valence-corrected chi connectivity index (χ3v) is 6.56. The molecule has 0 spiro atoms. The summed E-state index contributed by atoms with van der Waals surface area (Å²) in [5, 5.41) is 21.7. The Balaban J connectivity index is 2.02. The average molecular weight is 525 g/mol. The van der Waals surface area contributed by atoms with Crippen LogP contribution in [0.2, 0.25) is 5.02 Å². The fourth-order valence-electron chi connectivity index (χ4n) is 3.94. The first-order chi connectivity index (χ1) is 16.8. The Morgan fingerprint density at radius 3 is 2.39 bits per heavy atom. The van der Waals surface area contributed by atoms with Crippen LogP contribution in [0, 0.1) is 17.5 Å². The zero-order valence-corrected chi connectivity index (χ0v) is 20.4. The van der Waals surface area contributed by atoms with Crippen LogP contribution < -0.4 is 15.6 Å². The number of aliphatic hydroxyl groups is 2. The smallest absolute Gasteiger partial charge is 0.257 e. The zero-order chi connectivity index (χ0) is 26.5. The van der Waals surface area contributed by atoms with Crippen LogP contribution in [0.1, 0.15) is 37.6 Å². The number of hydrogen-bond donors (Lipinski definition) is 3. The van der Waals surface area contributed by atoms with Gasteiger partial charge >= 0.3 is 0 Å². The van der Waals surface area contributed by atoms with Crippen LogP contribution in [0.15, 0.2) is 29.2 Å². The number of β-amino-alcohol motifs (C(OH)–C–C–N with tert-alkyl or cyclic N) is 2. The predicted molar refractivity (Wildman–Crippen MR) is 128 cm³/mol. The maximum atomic E-state index is 15.1. The van der Waals surface area contributed by atoms with E-state index in [-0.39, 0.29) is 35.0 Å². The van der Waals surface area contributed by atoms with Crippen molar-refractivity contribution in [2.45, 2.75) is 44.9 Å². The summed E-state index contributed by atoms with van der Waals surface area (Å²) < 4.78 is 44.9. The van der Waals surface area contributed by atoms with Gasteiger partial charge in [0.1, 0.15) is 17.1 Å². The van der Waals surface area contributed by atoms with Crippen LogP contribution >= 0.6 is 11.6 Å². The number of nitrogens with one attached hydrogen (secondary N) is 1. The number of anilines is 1. The highest BCUT2D eigenvalue weighted by Crippen LogP contribution is 2.30. The fourth-order valence-corrected chi connectivity index (χ4v) is 4.22. The number of amides is 1. The molecule has 3 heterocycles. The molecule has 8 nitrogen and oxygen atoms in total. The Morgan fingerprint density at radius 2 is 1.81 bits per heavy atom. The number of benzene rings is 1. The van der Waals surface area contributed by atoms with Gasteiger partial charge in [-0.15, -0.1) is 0 Å². The lowest BCUT2D eigenvalue weighted by Crippen LogP contribution is -2.44. The van der Waals surface area contributed by atoms with Gasteiger partial charge in [-0.25, -0.2) is 18.2 Å². The molecule has 36 heavy (non-hydrogen) atoms. The van der Waals surface area contributed by atoms with E-state index in [1.807, 2.05) is 6.92 Å². The number of aromatic nitrogens is 2. The number of rotatable bonds is 5. The van der Waals surface area contributed by atoms with Crippen molar-refractivity contribution in [1.82, 2.24) is 14.9 Å². The maximum absolute atomic E-state index is 15.1. The molecule has 3 N–H and O–H groups in total. The average Bonchev–Trinajstić information content (AvgIpc) is 3.12. The molecule has 1 aliphatic heterocycles. The van der Waals surface area contributed by atoms with Gasteiger partial charge in [0.05, 0.1) is 22.6 Å². The summed E-state index contributed by atoms with van der Waals surface area (Å²) in [6, 6.07) is 2.27. The predicted octanol–water partition coefficient (Wildman–Crippen LogP) is 2.92.